The molecule has 3 aromatic rings. The van der Waals surface area contributed by atoms with Crippen LogP contribution in [0, 0.1) is 0 Å². The topological polar surface area (TPSA) is 75.7 Å². The summed E-state index contributed by atoms with van der Waals surface area (Å²) in [7, 11) is -2.65. The molecule has 0 fully saturated rings. The summed E-state index contributed by atoms with van der Waals surface area (Å²) < 4.78 is 33.1. The minimum Gasteiger partial charge on any atom is -0.495 e. The van der Waals surface area contributed by atoms with Crippen LogP contribution < -0.4 is 10.1 Å². The lowest BCUT2D eigenvalue weighted by atomic mass is 10.2. The van der Waals surface area contributed by atoms with Gasteiger partial charge in [-0.25, -0.2) is 8.42 Å². The van der Waals surface area contributed by atoms with E-state index < -0.39 is 22.5 Å². The minimum absolute atomic E-state index is 0.0209. The predicted molar refractivity (Wildman–Crippen MR) is 122 cm³/mol. The number of carbonyl (C=O) groups excluding carboxylic acids is 1. The van der Waals surface area contributed by atoms with Gasteiger partial charge in [0.1, 0.15) is 10.6 Å². The van der Waals surface area contributed by atoms with E-state index in [1.54, 1.807) is 48.5 Å². The van der Waals surface area contributed by atoms with Crippen molar-refractivity contribution in [2.45, 2.75) is 11.4 Å². The van der Waals surface area contributed by atoms with Gasteiger partial charge in [0.05, 0.1) is 24.4 Å². The third-order valence-corrected chi connectivity index (χ3v) is 6.92. The molecule has 0 bridgehead atoms. The second-order valence-corrected chi connectivity index (χ2v) is 9.33. The number of halogens is 2. The predicted octanol–water partition coefficient (Wildman–Crippen LogP) is 4.83. The molecule has 0 spiro atoms. The number of nitrogens with one attached hydrogen (secondary N) is 1. The van der Waals surface area contributed by atoms with Gasteiger partial charge in [-0.3, -0.25) is 4.79 Å². The summed E-state index contributed by atoms with van der Waals surface area (Å²) in [5.41, 5.74) is 1.15. The fraction of sp³-hybridized carbons (Fsp3) is 0.136. The highest BCUT2D eigenvalue weighted by molar-refractivity contribution is 7.89. The summed E-state index contributed by atoms with van der Waals surface area (Å²) >= 11 is 12.2. The third-order valence-electron chi connectivity index (χ3n) is 4.41. The number of carbonyl (C=O) groups is 1. The maximum absolute atomic E-state index is 13.4. The van der Waals surface area contributed by atoms with Crippen LogP contribution in [-0.2, 0) is 21.4 Å². The number of nitrogens with zero attached hydrogens (tertiary/aromatic N) is 1. The Bertz CT molecular complexity index is 1170. The zero-order valence-electron chi connectivity index (χ0n) is 16.6. The average molecular weight is 479 g/mol. The van der Waals surface area contributed by atoms with Crippen LogP contribution in [0.5, 0.6) is 5.75 Å². The number of ether oxygens (including phenoxy) is 1. The van der Waals surface area contributed by atoms with Crippen molar-refractivity contribution in [3.8, 4) is 5.75 Å². The van der Waals surface area contributed by atoms with E-state index in [2.05, 4.69) is 5.32 Å². The van der Waals surface area contributed by atoms with Gasteiger partial charge in [-0.05, 0) is 35.9 Å². The third kappa shape index (κ3) is 5.77. The van der Waals surface area contributed by atoms with Crippen molar-refractivity contribution in [2.75, 3.05) is 19.0 Å². The van der Waals surface area contributed by atoms with E-state index >= 15 is 0 Å². The molecule has 0 aromatic heterocycles. The van der Waals surface area contributed by atoms with E-state index in [1.165, 1.54) is 25.3 Å². The Hall–Kier alpha value is -2.58. The van der Waals surface area contributed by atoms with E-state index in [1.807, 2.05) is 6.07 Å². The monoisotopic (exact) mass is 478 g/mol. The number of rotatable bonds is 8. The van der Waals surface area contributed by atoms with Crippen molar-refractivity contribution >= 4 is 44.8 Å². The lowest BCUT2D eigenvalue weighted by molar-refractivity contribution is -0.116. The number of hydrogen-bond donors (Lipinski definition) is 1. The smallest absolute Gasteiger partial charge is 0.245 e. The Morgan fingerprint density at radius 2 is 1.68 bits per heavy atom. The van der Waals surface area contributed by atoms with Gasteiger partial charge in [0.2, 0.25) is 15.9 Å². The molecule has 9 heteroatoms. The standard InChI is InChI=1S/C22H20Cl2N2O4S/c1-30-20-10-6-5-9-19(20)25-22(27)15-26(14-16-7-3-2-4-8-16)31(28,29)21-13-17(23)11-12-18(21)24/h2-13H,14-15H2,1H3,(H,25,27). The van der Waals surface area contributed by atoms with E-state index in [9.17, 15) is 13.2 Å². The number of amides is 1. The fourth-order valence-corrected chi connectivity index (χ4v) is 5.05. The molecule has 162 valence electrons. The van der Waals surface area contributed by atoms with Gasteiger partial charge in [0, 0.05) is 11.6 Å². The van der Waals surface area contributed by atoms with Crippen molar-refractivity contribution in [2.24, 2.45) is 0 Å². The van der Waals surface area contributed by atoms with Crippen molar-refractivity contribution in [1.29, 1.82) is 0 Å². The van der Waals surface area contributed by atoms with Gasteiger partial charge in [0.25, 0.3) is 0 Å². The molecule has 0 aliphatic carbocycles. The van der Waals surface area contributed by atoms with Crippen LogP contribution in [0.15, 0.2) is 77.7 Å². The molecule has 0 atom stereocenters. The van der Waals surface area contributed by atoms with Gasteiger partial charge >= 0.3 is 0 Å². The van der Waals surface area contributed by atoms with Crippen molar-refractivity contribution < 1.29 is 17.9 Å². The van der Waals surface area contributed by atoms with Crippen LogP contribution in [-0.4, -0.2) is 32.3 Å². The summed E-state index contributed by atoms with van der Waals surface area (Å²) in [6, 6.07) is 20.0. The first-order valence-electron chi connectivity index (χ1n) is 9.23. The van der Waals surface area contributed by atoms with Crippen molar-refractivity contribution in [3.63, 3.8) is 0 Å². The maximum Gasteiger partial charge on any atom is 0.245 e. The highest BCUT2D eigenvalue weighted by atomic mass is 35.5. The lowest BCUT2D eigenvalue weighted by Crippen LogP contribution is -2.37. The van der Waals surface area contributed by atoms with E-state index in [4.69, 9.17) is 27.9 Å². The summed E-state index contributed by atoms with van der Waals surface area (Å²) in [6.07, 6.45) is 0. The van der Waals surface area contributed by atoms with Gasteiger partial charge in [-0.1, -0.05) is 65.7 Å². The zero-order chi connectivity index (χ0) is 22.4. The molecule has 0 unspecified atom stereocenters. The summed E-state index contributed by atoms with van der Waals surface area (Å²) in [6.45, 7) is -0.455. The molecule has 0 radical (unpaired) electrons. The highest BCUT2D eigenvalue weighted by Crippen LogP contribution is 2.29. The van der Waals surface area contributed by atoms with Crippen LogP contribution >= 0.6 is 23.2 Å². The van der Waals surface area contributed by atoms with Crippen LogP contribution in [0.25, 0.3) is 0 Å². The fourth-order valence-electron chi connectivity index (χ4n) is 2.92. The summed E-state index contributed by atoms with van der Waals surface area (Å²) in [4.78, 5) is 12.6. The summed E-state index contributed by atoms with van der Waals surface area (Å²) in [5.74, 6) is -0.0617. The molecule has 31 heavy (non-hydrogen) atoms. The molecule has 0 aliphatic heterocycles. The van der Waals surface area contributed by atoms with Crippen molar-refractivity contribution in [3.05, 3.63) is 88.4 Å². The van der Waals surface area contributed by atoms with Gasteiger partial charge in [-0.15, -0.1) is 0 Å². The number of para-hydroxylation sites is 2. The molecular formula is C22H20Cl2N2O4S. The number of methoxy groups -OCH3 is 1. The Morgan fingerprint density at radius 3 is 2.39 bits per heavy atom. The molecule has 6 nitrogen and oxygen atoms in total. The number of sulfonamides is 1. The molecule has 3 rings (SSSR count). The molecule has 3 aromatic carbocycles. The molecular weight excluding hydrogens is 459 g/mol. The van der Waals surface area contributed by atoms with Crippen LogP contribution in [0.1, 0.15) is 5.56 Å². The van der Waals surface area contributed by atoms with Crippen LogP contribution in [0.2, 0.25) is 10.0 Å². The van der Waals surface area contributed by atoms with E-state index in [0.29, 0.717) is 17.0 Å². The van der Waals surface area contributed by atoms with Gasteiger partial charge in [0.15, 0.2) is 0 Å². The molecule has 1 amide bonds. The first-order chi connectivity index (χ1) is 14.8. The Labute approximate surface area is 191 Å². The van der Waals surface area contributed by atoms with Crippen LogP contribution in [0.3, 0.4) is 0 Å². The van der Waals surface area contributed by atoms with Crippen LogP contribution in [0.4, 0.5) is 5.69 Å². The molecule has 0 saturated heterocycles. The average Bonchev–Trinajstić information content (AvgIpc) is 2.76. The Morgan fingerprint density at radius 1 is 1.00 bits per heavy atom. The number of benzene rings is 3. The first-order valence-corrected chi connectivity index (χ1v) is 11.4. The second kappa shape index (κ2) is 10.2. The molecule has 0 aliphatic rings. The summed E-state index contributed by atoms with van der Waals surface area (Å²) in [5, 5.41) is 2.94. The molecule has 1 N–H and O–H groups in total. The van der Waals surface area contributed by atoms with Gasteiger partial charge in [-0.2, -0.15) is 4.31 Å². The van der Waals surface area contributed by atoms with Crippen molar-refractivity contribution in [1.82, 2.24) is 4.31 Å². The van der Waals surface area contributed by atoms with E-state index in [-0.39, 0.29) is 21.5 Å². The zero-order valence-corrected chi connectivity index (χ0v) is 18.9. The van der Waals surface area contributed by atoms with Gasteiger partial charge < -0.3 is 10.1 Å². The Balaban J connectivity index is 1.92. The first kappa shape index (κ1) is 23.1. The van der Waals surface area contributed by atoms with E-state index in [0.717, 1.165) is 4.31 Å². The number of anilines is 1. The number of hydrogen-bond acceptors (Lipinski definition) is 4. The largest absolute Gasteiger partial charge is 0.495 e. The maximum atomic E-state index is 13.4. The molecule has 0 heterocycles. The highest BCUT2D eigenvalue weighted by Gasteiger charge is 2.29. The molecule has 0 saturated carbocycles. The Kier molecular flexibility index (Phi) is 7.56. The minimum atomic E-state index is -4.13. The SMILES string of the molecule is COc1ccccc1NC(=O)CN(Cc1ccccc1)S(=O)(=O)c1cc(Cl)ccc1Cl. The quantitative estimate of drug-likeness (QED) is 0.502. The second-order valence-electron chi connectivity index (χ2n) is 6.58. The lowest BCUT2D eigenvalue weighted by Gasteiger charge is -2.23. The normalized spacial score (nSPS) is 11.4.